The Morgan fingerprint density at radius 2 is 1.84 bits per heavy atom. The molecule has 1 aliphatic heterocycles. The molecular weight excluding hydrogens is 402 g/mol. The number of carbonyl (C=O) groups is 2. The van der Waals surface area contributed by atoms with Crippen molar-refractivity contribution in [1.82, 2.24) is 24.4 Å². The molecule has 32 heavy (non-hydrogen) atoms. The largest absolute Gasteiger partial charge is 0.314 e. The molecule has 1 N–H and O–H groups in total. The van der Waals surface area contributed by atoms with E-state index < -0.39 is 5.91 Å². The van der Waals surface area contributed by atoms with Crippen LogP contribution in [-0.2, 0) is 11.2 Å². The van der Waals surface area contributed by atoms with Crippen molar-refractivity contribution < 1.29 is 9.59 Å². The van der Waals surface area contributed by atoms with Crippen LogP contribution in [0.4, 0.5) is 0 Å². The van der Waals surface area contributed by atoms with Gasteiger partial charge in [-0.1, -0.05) is 42.5 Å². The van der Waals surface area contributed by atoms with Crippen LogP contribution in [-0.4, -0.2) is 30.8 Å². The number of hydrogen-bond acceptors (Lipinski definition) is 3. The van der Waals surface area contributed by atoms with E-state index in [2.05, 4.69) is 16.5 Å². The van der Waals surface area contributed by atoms with E-state index in [1.807, 2.05) is 71.6 Å². The van der Waals surface area contributed by atoms with Gasteiger partial charge in [-0.05, 0) is 36.6 Å². The van der Waals surface area contributed by atoms with E-state index in [9.17, 15) is 9.59 Å². The van der Waals surface area contributed by atoms with Crippen LogP contribution in [0.5, 0.6) is 0 Å². The summed E-state index contributed by atoms with van der Waals surface area (Å²) < 4.78 is 3.80. The monoisotopic (exact) mass is 421 g/mol. The lowest BCUT2D eigenvalue weighted by atomic mass is 9.96. The Morgan fingerprint density at radius 3 is 2.69 bits per heavy atom. The van der Waals surface area contributed by atoms with Gasteiger partial charge in [0, 0.05) is 24.2 Å². The van der Waals surface area contributed by atoms with E-state index in [1.54, 1.807) is 16.8 Å². The number of benzene rings is 1. The summed E-state index contributed by atoms with van der Waals surface area (Å²) in [6.07, 6.45) is 10.8. The van der Waals surface area contributed by atoms with Crippen molar-refractivity contribution in [3.8, 4) is 0 Å². The molecule has 7 nitrogen and oxygen atoms in total. The molecule has 0 spiro atoms. The maximum absolute atomic E-state index is 13.5. The Kier molecular flexibility index (Phi) is 4.07. The second kappa shape index (κ2) is 7.09. The quantitative estimate of drug-likeness (QED) is 0.550. The molecule has 1 aliphatic carbocycles. The van der Waals surface area contributed by atoms with Gasteiger partial charge in [0.1, 0.15) is 11.3 Å². The number of aromatic nitrogens is 3. The fraction of sp³-hybridized carbons (Fsp3) is 0.0800. The molecule has 3 aromatic heterocycles. The SMILES string of the molecule is O=C(NN1C=C(c2ccccc2)n2ccc3c2C(=CCC3)C1=O)c1cn2ccccc2n1. The zero-order chi connectivity index (χ0) is 21.7. The van der Waals surface area contributed by atoms with Crippen LogP contribution < -0.4 is 5.43 Å². The maximum Gasteiger partial charge on any atom is 0.290 e. The molecule has 2 aliphatic rings. The van der Waals surface area contributed by atoms with Gasteiger partial charge < -0.3 is 8.97 Å². The molecular formula is C25H19N5O2. The molecule has 156 valence electrons. The second-order valence-corrected chi connectivity index (χ2v) is 7.80. The molecule has 4 aromatic rings. The smallest absolute Gasteiger partial charge is 0.290 e. The number of nitrogens with one attached hydrogen (secondary N) is 1. The maximum atomic E-state index is 13.5. The highest BCUT2D eigenvalue weighted by atomic mass is 16.2. The zero-order valence-electron chi connectivity index (χ0n) is 17.1. The number of hydrazine groups is 1. The molecule has 0 fully saturated rings. The van der Waals surface area contributed by atoms with E-state index >= 15 is 0 Å². The molecule has 4 heterocycles. The van der Waals surface area contributed by atoms with Crippen LogP contribution >= 0.6 is 0 Å². The van der Waals surface area contributed by atoms with Crippen molar-refractivity contribution in [2.45, 2.75) is 12.8 Å². The van der Waals surface area contributed by atoms with Crippen LogP contribution in [0.1, 0.15) is 33.7 Å². The van der Waals surface area contributed by atoms with Gasteiger partial charge in [-0.15, -0.1) is 0 Å². The Bertz CT molecular complexity index is 1410. The van der Waals surface area contributed by atoms with Gasteiger partial charge in [-0.25, -0.2) is 9.99 Å². The Labute approximate surface area is 183 Å². The minimum Gasteiger partial charge on any atom is -0.314 e. The molecule has 6 rings (SSSR count). The first-order chi connectivity index (χ1) is 15.7. The fourth-order valence-electron chi connectivity index (χ4n) is 4.32. The molecule has 0 saturated carbocycles. The molecule has 0 unspecified atom stereocenters. The van der Waals surface area contributed by atoms with Crippen molar-refractivity contribution in [2.75, 3.05) is 0 Å². The number of rotatable bonds is 3. The van der Waals surface area contributed by atoms with Crippen LogP contribution in [0, 0.1) is 0 Å². The van der Waals surface area contributed by atoms with E-state index in [-0.39, 0.29) is 11.6 Å². The number of nitrogens with zero attached hydrogens (tertiary/aromatic N) is 4. The minimum absolute atomic E-state index is 0.237. The van der Waals surface area contributed by atoms with Gasteiger partial charge in [0.25, 0.3) is 11.8 Å². The number of aryl methyl sites for hydroxylation is 1. The van der Waals surface area contributed by atoms with E-state index in [4.69, 9.17) is 0 Å². The van der Waals surface area contributed by atoms with Gasteiger partial charge in [-0.3, -0.25) is 15.0 Å². The van der Waals surface area contributed by atoms with Gasteiger partial charge in [0.05, 0.1) is 23.2 Å². The van der Waals surface area contributed by atoms with Gasteiger partial charge in [-0.2, -0.15) is 0 Å². The lowest BCUT2D eigenvalue weighted by Crippen LogP contribution is -2.43. The minimum atomic E-state index is -0.450. The zero-order valence-corrected chi connectivity index (χ0v) is 17.1. The molecule has 0 atom stereocenters. The summed E-state index contributed by atoms with van der Waals surface area (Å²) in [5.41, 5.74) is 8.02. The number of amides is 2. The third-order valence-electron chi connectivity index (χ3n) is 5.84. The molecule has 0 radical (unpaired) electrons. The topological polar surface area (TPSA) is 71.6 Å². The van der Waals surface area contributed by atoms with Crippen molar-refractivity contribution >= 4 is 28.7 Å². The summed E-state index contributed by atoms with van der Waals surface area (Å²) in [7, 11) is 0. The molecule has 0 saturated heterocycles. The Hall–Kier alpha value is -4.39. The van der Waals surface area contributed by atoms with Crippen LogP contribution in [0.2, 0.25) is 0 Å². The summed E-state index contributed by atoms with van der Waals surface area (Å²) in [6, 6.07) is 17.4. The number of imidazole rings is 1. The molecule has 7 heteroatoms. The number of pyridine rings is 1. The predicted molar refractivity (Wildman–Crippen MR) is 120 cm³/mol. The highest BCUT2D eigenvalue weighted by molar-refractivity contribution is 6.21. The van der Waals surface area contributed by atoms with Crippen LogP contribution in [0.3, 0.4) is 0 Å². The first-order valence-electron chi connectivity index (χ1n) is 10.5. The molecule has 1 aromatic carbocycles. The summed E-state index contributed by atoms with van der Waals surface area (Å²) in [5, 5.41) is 1.28. The Balaban J connectivity index is 1.44. The fourth-order valence-corrected chi connectivity index (χ4v) is 4.32. The van der Waals surface area contributed by atoms with E-state index in [1.165, 1.54) is 5.01 Å². The lowest BCUT2D eigenvalue weighted by molar-refractivity contribution is -0.124. The van der Waals surface area contributed by atoms with Crippen LogP contribution in [0.25, 0.3) is 16.9 Å². The molecule has 0 bridgehead atoms. The number of allylic oxidation sites excluding steroid dienone is 1. The van der Waals surface area contributed by atoms with Crippen LogP contribution in [0.15, 0.2) is 85.5 Å². The second-order valence-electron chi connectivity index (χ2n) is 7.80. The average molecular weight is 421 g/mol. The summed E-state index contributed by atoms with van der Waals surface area (Å²) in [4.78, 5) is 30.9. The van der Waals surface area contributed by atoms with Crippen molar-refractivity contribution in [3.63, 3.8) is 0 Å². The third-order valence-corrected chi connectivity index (χ3v) is 5.84. The first-order valence-corrected chi connectivity index (χ1v) is 10.5. The predicted octanol–water partition coefficient (Wildman–Crippen LogP) is 3.50. The Morgan fingerprint density at radius 1 is 1.00 bits per heavy atom. The number of hydrogen-bond donors (Lipinski definition) is 1. The summed E-state index contributed by atoms with van der Waals surface area (Å²) in [6.45, 7) is 0. The van der Waals surface area contributed by atoms with Crippen molar-refractivity contribution in [3.05, 3.63) is 108 Å². The average Bonchev–Trinajstić information content (AvgIpc) is 3.43. The highest BCUT2D eigenvalue weighted by Crippen LogP contribution is 2.35. The highest BCUT2D eigenvalue weighted by Gasteiger charge is 2.31. The van der Waals surface area contributed by atoms with Gasteiger partial charge >= 0.3 is 0 Å². The van der Waals surface area contributed by atoms with E-state index in [0.717, 1.165) is 35.4 Å². The van der Waals surface area contributed by atoms with Gasteiger partial charge in [0.2, 0.25) is 0 Å². The number of carbonyl (C=O) groups excluding carboxylic acids is 2. The van der Waals surface area contributed by atoms with Crippen molar-refractivity contribution in [2.24, 2.45) is 0 Å². The lowest BCUT2D eigenvalue weighted by Gasteiger charge is -2.20. The summed E-state index contributed by atoms with van der Waals surface area (Å²) in [5.74, 6) is -0.720. The summed E-state index contributed by atoms with van der Waals surface area (Å²) >= 11 is 0. The first kappa shape index (κ1) is 18.4. The van der Waals surface area contributed by atoms with Crippen molar-refractivity contribution in [1.29, 1.82) is 0 Å². The van der Waals surface area contributed by atoms with Gasteiger partial charge in [0.15, 0.2) is 0 Å². The standard InChI is InChI=1S/C25H19N5O2/c31-24(20-15-28-13-5-4-11-22(28)26-20)27-30-16-21(17-7-2-1-3-8-17)29-14-12-18-9-6-10-19(23(18)29)25(30)32/h1-5,7-8,10-16H,6,9H2,(H,27,31). The van der Waals surface area contributed by atoms with E-state index in [0.29, 0.717) is 11.2 Å². The normalized spacial score (nSPS) is 15.1. The molecule has 2 amide bonds. The third kappa shape index (κ3) is 2.86. The number of fused-ring (bicyclic) bond motifs is 1.